The lowest BCUT2D eigenvalue weighted by atomic mass is 10.1. The number of hydrogen-bond donors (Lipinski definition) is 3. The molecule has 0 aromatic heterocycles. The van der Waals surface area contributed by atoms with E-state index in [-0.39, 0.29) is 6.03 Å². The first-order valence-electron chi connectivity index (χ1n) is 6.61. The monoisotopic (exact) mass is 248 g/mol. The van der Waals surface area contributed by atoms with Gasteiger partial charge in [0.15, 0.2) is 0 Å². The summed E-state index contributed by atoms with van der Waals surface area (Å²) in [5, 5.41) is 8.24. The molecule has 0 spiro atoms. The van der Waals surface area contributed by atoms with Gasteiger partial charge in [0.1, 0.15) is 0 Å². The number of nitrogens with two attached hydrogens (primary N) is 1. The van der Waals surface area contributed by atoms with Gasteiger partial charge in [0.05, 0.1) is 13.1 Å². The summed E-state index contributed by atoms with van der Waals surface area (Å²) in [6.07, 6.45) is 2.11. The van der Waals surface area contributed by atoms with Crippen LogP contribution < -0.4 is 16.0 Å². The van der Waals surface area contributed by atoms with Crippen LogP contribution in [-0.4, -0.2) is 25.2 Å². The van der Waals surface area contributed by atoms with E-state index in [0.717, 1.165) is 42.7 Å². The van der Waals surface area contributed by atoms with E-state index in [9.17, 15) is 4.79 Å². The molecule has 2 rings (SSSR count). The quantitative estimate of drug-likeness (QED) is 0.722. The summed E-state index contributed by atoms with van der Waals surface area (Å²) in [6, 6.07) is 6.30. The number of piperidine rings is 1. The standard InChI is InChI=1S/C14H21N3O/c1-10-7-11(2)9-13(8-10)17-14(18)16-12-3-5-15-6-4-12/h7-9,12,15H,3-6H2,1-2H3,(H2,16,17,18)/p+1. The fourth-order valence-electron chi connectivity index (χ4n) is 2.47. The van der Waals surface area contributed by atoms with Gasteiger partial charge in [-0.15, -0.1) is 0 Å². The molecule has 0 unspecified atom stereocenters. The third kappa shape index (κ3) is 3.74. The van der Waals surface area contributed by atoms with Gasteiger partial charge in [0.2, 0.25) is 0 Å². The lowest BCUT2D eigenvalue weighted by molar-refractivity contribution is -0.663. The molecule has 1 aromatic rings. The van der Waals surface area contributed by atoms with E-state index in [0.29, 0.717) is 6.04 Å². The van der Waals surface area contributed by atoms with E-state index in [1.807, 2.05) is 26.0 Å². The van der Waals surface area contributed by atoms with Crippen LogP contribution in [0.15, 0.2) is 18.2 Å². The van der Waals surface area contributed by atoms with Gasteiger partial charge >= 0.3 is 6.03 Å². The molecule has 1 heterocycles. The predicted molar refractivity (Wildman–Crippen MR) is 72.8 cm³/mol. The number of anilines is 1. The van der Waals surface area contributed by atoms with Gasteiger partial charge in [-0.2, -0.15) is 0 Å². The second kappa shape index (κ2) is 5.87. The number of urea groups is 1. The molecule has 0 atom stereocenters. The lowest BCUT2D eigenvalue weighted by Crippen LogP contribution is -2.87. The molecule has 98 valence electrons. The first kappa shape index (κ1) is 12.9. The van der Waals surface area contributed by atoms with Crippen molar-refractivity contribution in [3.8, 4) is 0 Å². The molecule has 0 bridgehead atoms. The first-order valence-corrected chi connectivity index (χ1v) is 6.61. The van der Waals surface area contributed by atoms with Crippen LogP contribution in [0.2, 0.25) is 0 Å². The highest BCUT2D eigenvalue weighted by atomic mass is 16.2. The van der Waals surface area contributed by atoms with Gasteiger partial charge in [-0.1, -0.05) is 6.07 Å². The summed E-state index contributed by atoms with van der Waals surface area (Å²) >= 11 is 0. The number of carbonyl (C=O) groups excluding carboxylic acids is 1. The van der Waals surface area contributed by atoms with Gasteiger partial charge < -0.3 is 16.0 Å². The maximum absolute atomic E-state index is 11.9. The molecule has 0 saturated carbocycles. The molecule has 0 radical (unpaired) electrons. The normalized spacial score (nSPS) is 16.3. The first-order chi connectivity index (χ1) is 8.63. The zero-order valence-electron chi connectivity index (χ0n) is 11.1. The van der Waals surface area contributed by atoms with E-state index in [1.165, 1.54) is 0 Å². The number of nitrogens with one attached hydrogen (secondary N) is 2. The summed E-state index contributed by atoms with van der Waals surface area (Å²) in [6.45, 7) is 6.28. The van der Waals surface area contributed by atoms with Crippen LogP contribution in [0.4, 0.5) is 10.5 Å². The van der Waals surface area contributed by atoms with E-state index in [1.54, 1.807) is 0 Å². The third-order valence-electron chi connectivity index (χ3n) is 3.25. The van der Waals surface area contributed by atoms with Crippen molar-refractivity contribution in [2.24, 2.45) is 0 Å². The summed E-state index contributed by atoms with van der Waals surface area (Å²) < 4.78 is 0. The fraction of sp³-hybridized carbons (Fsp3) is 0.500. The third-order valence-corrected chi connectivity index (χ3v) is 3.25. The Morgan fingerprint density at radius 1 is 1.17 bits per heavy atom. The largest absolute Gasteiger partial charge is 0.346 e. The average molecular weight is 248 g/mol. The Labute approximate surface area is 108 Å². The summed E-state index contributed by atoms with van der Waals surface area (Å²) in [4.78, 5) is 11.9. The SMILES string of the molecule is Cc1cc(C)cc(NC(=O)NC2CC[NH2+]CC2)c1. The second-order valence-corrected chi connectivity index (χ2v) is 5.12. The molecular formula is C14H22N3O+. The molecule has 2 amide bonds. The Hall–Kier alpha value is -1.55. The van der Waals surface area contributed by atoms with E-state index in [4.69, 9.17) is 0 Å². The van der Waals surface area contributed by atoms with E-state index < -0.39 is 0 Å². The molecule has 18 heavy (non-hydrogen) atoms. The minimum absolute atomic E-state index is 0.0908. The minimum Gasteiger partial charge on any atom is -0.346 e. The van der Waals surface area contributed by atoms with Crippen LogP contribution in [0.3, 0.4) is 0 Å². The van der Waals surface area contributed by atoms with Gasteiger partial charge in [-0.3, -0.25) is 0 Å². The van der Waals surface area contributed by atoms with E-state index >= 15 is 0 Å². The van der Waals surface area contributed by atoms with Crippen molar-refractivity contribution in [1.82, 2.24) is 5.32 Å². The zero-order valence-corrected chi connectivity index (χ0v) is 11.1. The number of rotatable bonds is 2. The van der Waals surface area contributed by atoms with Gasteiger partial charge in [-0.25, -0.2) is 4.79 Å². The minimum atomic E-state index is -0.0908. The lowest BCUT2D eigenvalue weighted by Gasteiger charge is -2.21. The molecule has 4 nitrogen and oxygen atoms in total. The van der Waals surface area contributed by atoms with Crippen molar-refractivity contribution in [2.45, 2.75) is 32.7 Å². The highest BCUT2D eigenvalue weighted by molar-refractivity contribution is 5.89. The summed E-state index contributed by atoms with van der Waals surface area (Å²) in [7, 11) is 0. The van der Waals surface area contributed by atoms with Crippen LogP contribution in [0.25, 0.3) is 0 Å². The zero-order chi connectivity index (χ0) is 13.0. The maximum Gasteiger partial charge on any atom is 0.319 e. The number of carbonyl (C=O) groups is 1. The van der Waals surface area contributed by atoms with Crippen molar-refractivity contribution in [3.05, 3.63) is 29.3 Å². The highest BCUT2D eigenvalue weighted by Crippen LogP contribution is 2.13. The Morgan fingerprint density at radius 3 is 2.39 bits per heavy atom. The molecule has 4 heteroatoms. The van der Waals surface area contributed by atoms with Crippen molar-refractivity contribution < 1.29 is 10.1 Å². The fourth-order valence-corrected chi connectivity index (χ4v) is 2.47. The van der Waals surface area contributed by atoms with Gasteiger partial charge in [-0.05, 0) is 37.1 Å². The van der Waals surface area contributed by atoms with Crippen molar-refractivity contribution in [1.29, 1.82) is 0 Å². The summed E-state index contributed by atoms with van der Waals surface area (Å²) in [5.74, 6) is 0. The molecule has 1 aliphatic rings. The molecule has 1 aliphatic heterocycles. The van der Waals surface area contributed by atoms with Gasteiger partial charge in [0.25, 0.3) is 0 Å². The topological polar surface area (TPSA) is 57.7 Å². The molecule has 4 N–H and O–H groups in total. The average Bonchev–Trinajstić information content (AvgIpc) is 2.28. The van der Waals surface area contributed by atoms with Gasteiger partial charge in [0, 0.05) is 24.6 Å². The number of benzene rings is 1. The maximum atomic E-state index is 11.9. The number of aryl methyl sites for hydroxylation is 2. The number of hydrogen-bond acceptors (Lipinski definition) is 1. The van der Waals surface area contributed by atoms with Crippen LogP contribution >= 0.6 is 0 Å². The van der Waals surface area contributed by atoms with Crippen LogP contribution in [0, 0.1) is 13.8 Å². The van der Waals surface area contributed by atoms with E-state index in [2.05, 4.69) is 22.0 Å². The Bertz CT molecular complexity index is 405. The molecular weight excluding hydrogens is 226 g/mol. The van der Waals surface area contributed by atoms with Crippen LogP contribution in [0.5, 0.6) is 0 Å². The summed E-state index contributed by atoms with van der Waals surface area (Å²) in [5.41, 5.74) is 3.20. The Kier molecular flexibility index (Phi) is 4.20. The Balaban J connectivity index is 1.89. The molecule has 1 saturated heterocycles. The number of amides is 2. The number of quaternary nitrogens is 1. The Morgan fingerprint density at radius 2 is 1.78 bits per heavy atom. The van der Waals surface area contributed by atoms with Crippen LogP contribution in [-0.2, 0) is 0 Å². The van der Waals surface area contributed by atoms with Crippen molar-refractivity contribution in [2.75, 3.05) is 18.4 Å². The van der Waals surface area contributed by atoms with Crippen LogP contribution in [0.1, 0.15) is 24.0 Å². The van der Waals surface area contributed by atoms with Crippen molar-refractivity contribution >= 4 is 11.7 Å². The predicted octanol–water partition coefficient (Wildman–Crippen LogP) is 1.15. The second-order valence-electron chi connectivity index (χ2n) is 5.12. The molecule has 1 aromatic carbocycles. The smallest absolute Gasteiger partial charge is 0.319 e. The highest BCUT2D eigenvalue weighted by Gasteiger charge is 2.17. The molecule has 0 aliphatic carbocycles. The van der Waals surface area contributed by atoms with Crippen molar-refractivity contribution in [3.63, 3.8) is 0 Å². The molecule has 1 fully saturated rings.